The Kier molecular flexibility index (Phi) is 6.37. The van der Waals surface area contributed by atoms with Gasteiger partial charge in [-0.2, -0.15) is 11.3 Å². The van der Waals surface area contributed by atoms with Crippen LogP contribution in [-0.4, -0.2) is 13.2 Å². The molecule has 1 aliphatic heterocycles. The standard InChI is InChI=1S/C6H6O2S.C4H4S.C2H4/c1-2-8-6-4-9-3-5(6)7-1;1-2-4-5-3-1;1-2/h3-4H,1-2H2;1-4H;1-2H2. The predicted octanol–water partition coefficient (Wildman–Crippen LogP) is 4.07. The third kappa shape index (κ3) is 4.08. The Morgan fingerprint density at radius 3 is 1.75 bits per heavy atom. The number of rotatable bonds is 0. The van der Waals surface area contributed by atoms with E-state index in [0.717, 1.165) is 11.5 Å². The second kappa shape index (κ2) is 7.96. The monoisotopic (exact) mass is 254 g/mol. The van der Waals surface area contributed by atoms with E-state index in [9.17, 15) is 0 Å². The summed E-state index contributed by atoms with van der Waals surface area (Å²) in [6.45, 7) is 7.37. The highest BCUT2D eigenvalue weighted by Gasteiger charge is 2.10. The lowest BCUT2D eigenvalue weighted by atomic mass is 10.5. The number of hydrogen-bond donors (Lipinski definition) is 0. The van der Waals surface area contributed by atoms with Gasteiger partial charge < -0.3 is 9.47 Å². The molecule has 0 saturated carbocycles. The molecule has 0 unspecified atom stereocenters. The Morgan fingerprint density at radius 2 is 1.38 bits per heavy atom. The first-order valence-corrected chi connectivity index (χ1v) is 6.64. The Balaban J connectivity index is 0.000000156. The van der Waals surface area contributed by atoms with E-state index in [0.29, 0.717) is 13.2 Å². The van der Waals surface area contributed by atoms with Crippen LogP contribution in [0.25, 0.3) is 0 Å². The molecule has 86 valence electrons. The smallest absolute Gasteiger partial charge is 0.172 e. The van der Waals surface area contributed by atoms with Crippen LogP contribution in [-0.2, 0) is 0 Å². The van der Waals surface area contributed by atoms with Gasteiger partial charge in [0.25, 0.3) is 0 Å². The molecular weight excluding hydrogens is 240 g/mol. The summed E-state index contributed by atoms with van der Waals surface area (Å²) in [6.07, 6.45) is 0. The largest absolute Gasteiger partial charge is 0.485 e. The summed E-state index contributed by atoms with van der Waals surface area (Å²) in [4.78, 5) is 0. The first kappa shape index (κ1) is 12.8. The first-order chi connectivity index (χ1) is 7.97. The number of ether oxygens (including phenoxy) is 2. The van der Waals surface area contributed by atoms with Gasteiger partial charge >= 0.3 is 0 Å². The quantitative estimate of drug-likeness (QED) is 0.660. The van der Waals surface area contributed by atoms with Crippen LogP contribution in [0.3, 0.4) is 0 Å². The first-order valence-electron chi connectivity index (χ1n) is 4.76. The maximum Gasteiger partial charge on any atom is 0.172 e. The van der Waals surface area contributed by atoms with E-state index in [1.807, 2.05) is 33.7 Å². The van der Waals surface area contributed by atoms with Crippen molar-refractivity contribution in [3.8, 4) is 11.5 Å². The van der Waals surface area contributed by atoms with Crippen LogP contribution in [0.5, 0.6) is 11.5 Å². The highest BCUT2D eigenvalue weighted by molar-refractivity contribution is 7.08. The average molecular weight is 254 g/mol. The Morgan fingerprint density at radius 1 is 0.875 bits per heavy atom. The van der Waals surface area contributed by atoms with Crippen molar-refractivity contribution in [2.24, 2.45) is 0 Å². The maximum atomic E-state index is 5.25. The Hall–Kier alpha value is -1.26. The molecule has 1 aliphatic rings. The second-order valence-corrected chi connectivity index (χ2v) is 4.15. The summed E-state index contributed by atoms with van der Waals surface area (Å²) in [5, 5.41) is 7.99. The van der Waals surface area contributed by atoms with Gasteiger partial charge in [0, 0.05) is 10.8 Å². The van der Waals surface area contributed by atoms with Gasteiger partial charge in [-0.25, -0.2) is 0 Å². The Labute approximate surface area is 104 Å². The molecule has 0 radical (unpaired) electrons. The molecule has 0 atom stereocenters. The fourth-order valence-electron chi connectivity index (χ4n) is 1.01. The van der Waals surface area contributed by atoms with Crippen LogP contribution in [0.1, 0.15) is 0 Å². The van der Waals surface area contributed by atoms with Crippen LogP contribution in [0.15, 0.2) is 46.8 Å². The van der Waals surface area contributed by atoms with E-state index >= 15 is 0 Å². The number of thiophene rings is 2. The molecule has 0 fully saturated rings. The molecule has 0 aliphatic carbocycles. The topological polar surface area (TPSA) is 18.5 Å². The van der Waals surface area contributed by atoms with Crippen molar-refractivity contribution in [3.63, 3.8) is 0 Å². The summed E-state index contributed by atoms with van der Waals surface area (Å²) in [6, 6.07) is 4.04. The van der Waals surface area contributed by atoms with Crippen molar-refractivity contribution in [1.82, 2.24) is 0 Å². The van der Waals surface area contributed by atoms with E-state index in [1.54, 1.807) is 22.7 Å². The van der Waals surface area contributed by atoms with Gasteiger partial charge in [0.15, 0.2) is 11.5 Å². The molecule has 2 nitrogen and oxygen atoms in total. The van der Waals surface area contributed by atoms with Crippen LogP contribution in [0, 0.1) is 0 Å². The summed E-state index contributed by atoms with van der Waals surface area (Å²) in [7, 11) is 0. The van der Waals surface area contributed by atoms with E-state index in [1.165, 1.54) is 0 Å². The van der Waals surface area contributed by atoms with Crippen LogP contribution in [0.4, 0.5) is 0 Å². The Bertz CT molecular complexity index is 330. The molecule has 3 rings (SSSR count). The van der Waals surface area contributed by atoms with Crippen molar-refractivity contribution in [2.45, 2.75) is 0 Å². The van der Waals surface area contributed by atoms with Gasteiger partial charge in [-0.15, -0.1) is 24.5 Å². The lowest BCUT2D eigenvalue weighted by Gasteiger charge is -2.13. The molecule has 0 aromatic carbocycles. The molecule has 3 heterocycles. The van der Waals surface area contributed by atoms with Crippen molar-refractivity contribution in [2.75, 3.05) is 13.2 Å². The van der Waals surface area contributed by atoms with Gasteiger partial charge in [0.1, 0.15) is 13.2 Å². The van der Waals surface area contributed by atoms with Crippen molar-refractivity contribution in [1.29, 1.82) is 0 Å². The molecular formula is C12H14O2S2. The lowest BCUT2D eigenvalue weighted by Crippen LogP contribution is -2.13. The van der Waals surface area contributed by atoms with E-state index < -0.39 is 0 Å². The molecule has 2 aromatic heterocycles. The molecule has 0 saturated heterocycles. The average Bonchev–Trinajstić information content (AvgIpc) is 3.06. The van der Waals surface area contributed by atoms with Crippen molar-refractivity contribution >= 4 is 22.7 Å². The van der Waals surface area contributed by atoms with E-state index in [-0.39, 0.29) is 0 Å². The number of hydrogen-bond acceptors (Lipinski definition) is 4. The zero-order valence-electron chi connectivity index (χ0n) is 8.93. The van der Waals surface area contributed by atoms with Gasteiger partial charge in [-0.05, 0) is 10.8 Å². The van der Waals surface area contributed by atoms with Crippen molar-refractivity contribution in [3.05, 3.63) is 46.8 Å². The van der Waals surface area contributed by atoms with Crippen LogP contribution in [0.2, 0.25) is 0 Å². The molecule has 0 N–H and O–H groups in total. The minimum atomic E-state index is 0.684. The normalized spacial score (nSPS) is 11.5. The fourth-order valence-corrected chi connectivity index (χ4v) is 2.15. The fraction of sp³-hybridized carbons (Fsp3) is 0.167. The SMILES string of the molecule is C=C.c1ccsc1.c1scc2c1OCCO2. The summed E-state index contributed by atoms with van der Waals surface area (Å²) >= 11 is 3.32. The lowest BCUT2D eigenvalue weighted by molar-refractivity contribution is 0.173. The highest BCUT2D eigenvalue weighted by atomic mass is 32.1. The van der Waals surface area contributed by atoms with Gasteiger partial charge in [-0.3, -0.25) is 0 Å². The zero-order valence-corrected chi connectivity index (χ0v) is 10.6. The highest BCUT2D eigenvalue weighted by Crippen LogP contribution is 2.33. The maximum absolute atomic E-state index is 5.25. The minimum absolute atomic E-state index is 0.684. The zero-order chi connectivity index (χ0) is 11.6. The van der Waals surface area contributed by atoms with E-state index in [4.69, 9.17) is 9.47 Å². The minimum Gasteiger partial charge on any atom is -0.485 e. The van der Waals surface area contributed by atoms with Gasteiger partial charge in [0.2, 0.25) is 0 Å². The predicted molar refractivity (Wildman–Crippen MR) is 70.9 cm³/mol. The third-order valence-corrected chi connectivity index (χ3v) is 2.95. The van der Waals surface area contributed by atoms with Crippen LogP contribution < -0.4 is 9.47 Å². The molecule has 16 heavy (non-hydrogen) atoms. The van der Waals surface area contributed by atoms with Crippen LogP contribution >= 0.6 is 22.7 Å². The van der Waals surface area contributed by atoms with Gasteiger partial charge in [-0.1, -0.05) is 12.1 Å². The molecule has 0 spiro atoms. The molecule has 2 aromatic rings. The van der Waals surface area contributed by atoms with E-state index in [2.05, 4.69) is 13.2 Å². The summed E-state index contributed by atoms with van der Waals surface area (Å²) in [5.74, 6) is 1.79. The summed E-state index contributed by atoms with van der Waals surface area (Å²) in [5.41, 5.74) is 0. The molecule has 0 bridgehead atoms. The van der Waals surface area contributed by atoms with Crippen molar-refractivity contribution < 1.29 is 9.47 Å². The van der Waals surface area contributed by atoms with Gasteiger partial charge in [0.05, 0.1) is 0 Å². The third-order valence-electron chi connectivity index (χ3n) is 1.62. The molecule has 0 amide bonds. The number of fused-ring (bicyclic) bond motifs is 1. The summed E-state index contributed by atoms with van der Waals surface area (Å²) < 4.78 is 10.5. The molecule has 4 heteroatoms. The second-order valence-electron chi connectivity index (χ2n) is 2.59.